The number of phenolic OH excluding ortho intramolecular Hbond substituents is 1. The third-order valence-corrected chi connectivity index (χ3v) is 5.68. The van der Waals surface area contributed by atoms with E-state index in [2.05, 4.69) is 25.2 Å². The summed E-state index contributed by atoms with van der Waals surface area (Å²) in [7, 11) is 1.67. The molecule has 0 aliphatic heterocycles. The quantitative estimate of drug-likeness (QED) is 0.233. The number of alkyl halides is 2. The van der Waals surface area contributed by atoms with Crippen molar-refractivity contribution in [2.24, 2.45) is 0 Å². The number of nitrogens with one attached hydrogen (secondary N) is 1. The molecule has 0 aromatic heterocycles. The van der Waals surface area contributed by atoms with E-state index >= 15 is 0 Å². The molecule has 0 bridgehead atoms. The van der Waals surface area contributed by atoms with Gasteiger partial charge in [0.2, 0.25) is 5.91 Å². The third-order valence-electron chi connectivity index (χ3n) is 5.68. The molecule has 1 amide bonds. The van der Waals surface area contributed by atoms with Gasteiger partial charge in [0.1, 0.15) is 11.5 Å². The lowest BCUT2D eigenvalue weighted by molar-refractivity contribution is -0.112. The van der Waals surface area contributed by atoms with Crippen LogP contribution in [0.25, 0.3) is 6.08 Å². The summed E-state index contributed by atoms with van der Waals surface area (Å²) >= 11 is 0. The monoisotopic (exact) mass is 481 g/mol. The van der Waals surface area contributed by atoms with Crippen LogP contribution in [-0.4, -0.2) is 18.1 Å². The molecule has 0 heterocycles. The van der Waals surface area contributed by atoms with E-state index in [0.717, 1.165) is 41.0 Å². The average molecular weight is 482 g/mol. The molecule has 0 fully saturated rings. The number of phenols is 1. The van der Waals surface area contributed by atoms with Gasteiger partial charge in [0.15, 0.2) is 0 Å². The topological polar surface area (TPSA) is 58.6 Å². The summed E-state index contributed by atoms with van der Waals surface area (Å²) in [5, 5.41) is 12.4. The lowest BCUT2D eigenvalue weighted by Gasteiger charge is -2.13. The third kappa shape index (κ3) is 7.67. The number of aromatic hydroxyl groups is 1. The van der Waals surface area contributed by atoms with Crippen molar-refractivity contribution in [2.75, 3.05) is 12.4 Å². The van der Waals surface area contributed by atoms with Gasteiger partial charge in [-0.25, -0.2) is 8.78 Å². The highest BCUT2D eigenvalue weighted by Gasteiger charge is 2.25. The van der Waals surface area contributed by atoms with Crippen LogP contribution in [0.15, 0.2) is 65.8 Å². The van der Waals surface area contributed by atoms with E-state index in [1.165, 1.54) is 23.8 Å². The minimum Gasteiger partial charge on any atom is -0.506 e. The van der Waals surface area contributed by atoms with E-state index < -0.39 is 17.6 Å². The van der Waals surface area contributed by atoms with Crippen LogP contribution in [0, 0.1) is 20.8 Å². The molecule has 35 heavy (non-hydrogen) atoms. The second-order valence-electron chi connectivity index (χ2n) is 8.66. The number of hydrogen-bond donors (Lipinski definition) is 2. The Kier molecular flexibility index (Phi) is 9.18. The van der Waals surface area contributed by atoms with Crippen LogP contribution in [0.3, 0.4) is 0 Å². The Balaban J connectivity index is 2.05. The summed E-state index contributed by atoms with van der Waals surface area (Å²) < 4.78 is 32.1. The molecule has 2 rings (SSSR count). The summed E-state index contributed by atoms with van der Waals surface area (Å²) in [6.45, 7) is 10.7. The van der Waals surface area contributed by atoms with E-state index in [1.807, 2.05) is 38.1 Å². The minimum absolute atomic E-state index is 0.0660. The van der Waals surface area contributed by atoms with Crippen LogP contribution in [0.2, 0.25) is 0 Å². The summed E-state index contributed by atoms with van der Waals surface area (Å²) in [6.07, 6.45) is 11.0. The molecule has 0 atom stereocenters. The number of aryl methyl sites for hydroxylation is 1. The van der Waals surface area contributed by atoms with Gasteiger partial charge in [0.05, 0.1) is 12.8 Å². The SMILES string of the molecule is COc1cc(C)c(/C=C/C(C)=C/C=C/C(C)=C/C(=O)Nc2ccc(C(C)(F)F)cc2O)c(C)c1C. The predicted molar refractivity (Wildman–Crippen MR) is 139 cm³/mol. The van der Waals surface area contributed by atoms with Gasteiger partial charge in [0.25, 0.3) is 5.92 Å². The fraction of sp³-hybridized carbons (Fsp3) is 0.276. The first kappa shape index (κ1) is 27.6. The molecule has 0 saturated heterocycles. The molecule has 0 radical (unpaired) electrons. The van der Waals surface area contributed by atoms with Crippen LogP contribution >= 0.6 is 0 Å². The molecule has 0 saturated carbocycles. The molecular weight excluding hydrogens is 448 g/mol. The largest absolute Gasteiger partial charge is 0.506 e. The number of carbonyl (C=O) groups is 1. The highest BCUT2D eigenvalue weighted by atomic mass is 19.3. The number of anilines is 1. The molecule has 4 nitrogen and oxygen atoms in total. The molecule has 0 aliphatic rings. The number of carbonyl (C=O) groups excluding carboxylic acids is 1. The number of benzene rings is 2. The number of hydrogen-bond acceptors (Lipinski definition) is 3. The molecule has 2 N–H and O–H groups in total. The zero-order valence-corrected chi connectivity index (χ0v) is 21.3. The maximum atomic E-state index is 13.4. The Morgan fingerprint density at radius 2 is 1.74 bits per heavy atom. The van der Waals surface area contributed by atoms with Crippen molar-refractivity contribution >= 4 is 17.7 Å². The van der Waals surface area contributed by atoms with E-state index in [4.69, 9.17) is 4.74 Å². The van der Waals surface area contributed by atoms with E-state index in [-0.39, 0.29) is 11.3 Å². The fourth-order valence-electron chi connectivity index (χ4n) is 3.49. The van der Waals surface area contributed by atoms with E-state index in [9.17, 15) is 18.7 Å². The van der Waals surface area contributed by atoms with E-state index in [0.29, 0.717) is 5.57 Å². The van der Waals surface area contributed by atoms with Crippen molar-refractivity contribution in [3.8, 4) is 11.5 Å². The second kappa shape index (κ2) is 11.6. The standard InChI is InChI=1S/C29H33F2NO3/c1-18(11-13-24-20(3)16-27(35-7)22(5)21(24)4)9-8-10-19(2)15-28(34)32-25-14-12-23(17-26(25)33)29(6,30)31/h8-17,33H,1-7H3,(H,32,34)/b10-8+,13-11+,18-9+,19-15+. The molecule has 0 spiro atoms. The maximum Gasteiger partial charge on any atom is 0.270 e. The van der Waals surface area contributed by atoms with Gasteiger partial charge < -0.3 is 15.2 Å². The molecule has 0 aliphatic carbocycles. The Labute approximate surface area is 206 Å². The summed E-state index contributed by atoms with van der Waals surface area (Å²) in [5.41, 5.74) is 6.04. The predicted octanol–water partition coefficient (Wildman–Crippen LogP) is 7.54. The van der Waals surface area contributed by atoms with Crippen LogP contribution in [0.5, 0.6) is 11.5 Å². The Morgan fingerprint density at radius 3 is 2.34 bits per heavy atom. The maximum absolute atomic E-state index is 13.4. The van der Waals surface area contributed by atoms with Gasteiger partial charge in [-0.3, -0.25) is 4.79 Å². The molecule has 186 valence electrons. The summed E-state index contributed by atoms with van der Waals surface area (Å²) in [4.78, 5) is 12.2. The van der Waals surface area contributed by atoms with E-state index in [1.54, 1.807) is 20.1 Å². The number of allylic oxidation sites excluding steroid dienone is 6. The Morgan fingerprint density at radius 1 is 1.06 bits per heavy atom. The first-order valence-electron chi connectivity index (χ1n) is 11.2. The molecule has 0 unspecified atom stereocenters. The van der Waals surface area contributed by atoms with Crippen molar-refractivity contribution in [1.29, 1.82) is 0 Å². The summed E-state index contributed by atoms with van der Waals surface area (Å²) in [6, 6.07) is 5.41. The normalized spacial score (nSPS) is 13.1. The first-order valence-corrected chi connectivity index (χ1v) is 11.2. The first-order chi connectivity index (χ1) is 16.3. The minimum atomic E-state index is -3.08. The van der Waals surface area contributed by atoms with Crippen LogP contribution < -0.4 is 10.1 Å². The van der Waals surface area contributed by atoms with Crippen molar-refractivity contribution < 1.29 is 23.4 Å². The average Bonchev–Trinajstić information content (AvgIpc) is 2.76. The lowest BCUT2D eigenvalue weighted by Crippen LogP contribution is -2.10. The van der Waals surface area contributed by atoms with Crippen molar-refractivity contribution in [1.82, 2.24) is 0 Å². The summed E-state index contributed by atoms with van der Waals surface area (Å²) in [5.74, 6) is -3.08. The Bertz CT molecular complexity index is 1220. The zero-order chi connectivity index (χ0) is 26.3. The molecule has 2 aromatic rings. The van der Waals surface area contributed by atoms with Crippen molar-refractivity contribution in [3.05, 3.63) is 93.6 Å². The van der Waals surface area contributed by atoms with Gasteiger partial charge in [-0.1, -0.05) is 42.0 Å². The highest BCUT2D eigenvalue weighted by Crippen LogP contribution is 2.33. The number of halogens is 2. The van der Waals surface area contributed by atoms with Crippen LogP contribution in [0.4, 0.5) is 14.5 Å². The lowest BCUT2D eigenvalue weighted by atomic mass is 9.96. The van der Waals surface area contributed by atoms with Gasteiger partial charge in [-0.15, -0.1) is 0 Å². The fourth-order valence-corrected chi connectivity index (χ4v) is 3.49. The van der Waals surface area contributed by atoms with Gasteiger partial charge in [-0.05, 0) is 80.6 Å². The highest BCUT2D eigenvalue weighted by molar-refractivity contribution is 6.00. The van der Waals surface area contributed by atoms with Crippen molar-refractivity contribution in [2.45, 2.75) is 47.5 Å². The van der Waals surface area contributed by atoms with Crippen LogP contribution in [0.1, 0.15) is 48.6 Å². The number of rotatable bonds is 8. The van der Waals surface area contributed by atoms with Crippen molar-refractivity contribution in [3.63, 3.8) is 0 Å². The molecule has 6 heteroatoms. The smallest absolute Gasteiger partial charge is 0.270 e. The number of amides is 1. The number of ether oxygens (including phenoxy) is 1. The second-order valence-corrected chi connectivity index (χ2v) is 8.66. The number of methoxy groups -OCH3 is 1. The molecular formula is C29H33F2NO3. The van der Waals surface area contributed by atoms with Gasteiger partial charge >= 0.3 is 0 Å². The Hall–Kier alpha value is -3.67. The van der Waals surface area contributed by atoms with Gasteiger partial charge in [0, 0.05) is 18.6 Å². The molecule has 2 aromatic carbocycles. The van der Waals surface area contributed by atoms with Crippen LogP contribution in [-0.2, 0) is 10.7 Å². The zero-order valence-electron chi connectivity index (χ0n) is 21.3. The van der Waals surface area contributed by atoms with Gasteiger partial charge in [-0.2, -0.15) is 0 Å².